The first-order chi connectivity index (χ1) is 9.78. The van der Waals surface area contributed by atoms with Crippen molar-refractivity contribution < 1.29 is 9.90 Å². The van der Waals surface area contributed by atoms with Gasteiger partial charge >= 0.3 is 0 Å². The van der Waals surface area contributed by atoms with Gasteiger partial charge in [0, 0.05) is 30.1 Å². The lowest BCUT2D eigenvalue weighted by Crippen LogP contribution is -2.18. The highest BCUT2D eigenvalue weighted by Gasteiger charge is 2.03. The van der Waals surface area contributed by atoms with Crippen LogP contribution in [-0.4, -0.2) is 27.4 Å². The Morgan fingerprint density at radius 1 is 1.40 bits per heavy atom. The molecule has 1 aromatic carbocycles. The summed E-state index contributed by atoms with van der Waals surface area (Å²) in [5, 5.41) is 15.4. The minimum Gasteiger partial charge on any atom is -0.395 e. The molecule has 0 atom stereocenters. The van der Waals surface area contributed by atoms with E-state index in [1.165, 1.54) is 0 Å². The first kappa shape index (κ1) is 13.8. The second-order valence-corrected chi connectivity index (χ2v) is 4.11. The predicted molar refractivity (Wildman–Crippen MR) is 75.9 cm³/mol. The number of anilines is 1. The molecule has 2 N–H and O–H groups in total. The Labute approximate surface area is 117 Å². The Morgan fingerprint density at radius 2 is 2.30 bits per heavy atom. The van der Waals surface area contributed by atoms with E-state index in [2.05, 4.69) is 22.3 Å². The Balaban J connectivity index is 1.97. The molecule has 1 heterocycles. The summed E-state index contributed by atoms with van der Waals surface area (Å²) in [7, 11) is 0. The van der Waals surface area contributed by atoms with Gasteiger partial charge in [0.05, 0.1) is 6.61 Å². The van der Waals surface area contributed by atoms with Crippen molar-refractivity contribution in [3.63, 3.8) is 0 Å². The number of aliphatic hydroxyl groups excluding tert-OH is 1. The molecule has 0 saturated heterocycles. The number of hydrogen-bond donors (Lipinski definition) is 2. The van der Waals surface area contributed by atoms with Gasteiger partial charge in [-0.2, -0.15) is 5.10 Å². The Kier molecular flexibility index (Phi) is 4.93. The summed E-state index contributed by atoms with van der Waals surface area (Å²) >= 11 is 0. The van der Waals surface area contributed by atoms with Gasteiger partial charge in [-0.1, -0.05) is 17.9 Å². The monoisotopic (exact) mass is 269 g/mol. The Bertz CT molecular complexity index is 624. The summed E-state index contributed by atoms with van der Waals surface area (Å²) in [5.74, 6) is 5.62. The molecule has 0 aliphatic heterocycles. The van der Waals surface area contributed by atoms with Crippen LogP contribution in [0.1, 0.15) is 12.0 Å². The van der Waals surface area contributed by atoms with E-state index in [0.717, 1.165) is 5.56 Å². The molecule has 0 aliphatic rings. The molecule has 1 aromatic heterocycles. The molecule has 0 spiro atoms. The van der Waals surface area contributed by atoms with Crippen LogP contribution < -0.4 is 5.32 Å². The van der Waals surface area contributed by atoms with Crippen molar-refractivity contribution in [3.05, 3.63) is 48.3 Å². The first-order valence-electron chi connectivity index (χ1n) is 6.25. The fourth-order valence-electron chi connectivity index (χ4n) is 1.64. The van der Waals surface area contributed by atoms with Crippen LogP contribution in [0.5, 0.6) is 0 Å². The van der Waals surface area contributed by atoms with E-state index < -0.39 is 0 Å². The second kappa shape index (κ2) is 7.12. The smallest absolute Gasteiger partial charge is 0.246 e. The van der Waals surface area contributed by atoms with Crippen LogP contribution >= 0.6 is 0 Å². The maximum atomic E-state index is 11.8. The van der Waals surface area contributed by atoms with Crippen LogP contribution in [-0.2, 0) is 11.3 Å². The normalized spacial score (nSPS) is 9.65. The molecule has 0 unspecified atom stereocenters. The molecule has 2 rings (SSSR count). The van der Waals surface area contributed by atoms with Gasteiger partial charge in [0.2, 0.25) is 5.91 Å². The average Bonchev–Trinajstić information content (AvgIpc) is 2.92. The standard InChI is InChI=1S/C15H15N3O2/c19-10-2-1-5-13-6-3-7-14(11-13)17-15(20)12-18-9-4-8-16-18/h3-4,6-9,11,19H,2,10,12H2,(H,17,20). The predicted octanol–water partition coefficient (Wildman–Crippen LogP) is 1.26. The molecule has 2 aromatic rings. The quantitative estimate of drug-likeness (QED) is 0.821. The number of nitrogens with one attached hydrogen (secondary N) is 1. The zero-order chi connectivity index (χ0) is 14.2. The third-order valence-corrected chi connectivity index (χ3v) is 2.48. The van der Waals surface area contributed by atoms with E-state index in [1.807, 2.05) is 12.1 Å². The van der Waals surface area contributed by atoms with Crippen molar-refractivity contribution in [2.24, 2.45) is 0 Å². The minimum atomic E-state index is -0.144. The summed E-state index contributed by atoms with van der Waals surface area (Å²) in [6, 6.07) is 9.05. The molecule has 0 radical (unpaired) electrons. The summed E-state index contributed by atoms with van der Waals surface area (Å²) in [4.78, 5) is 11.8. The number of aromatic nitrogens is 2. The molecular formula is C15H15N3O2. The van der Waals surface area contributed by atoms with E-state index >= 15 is 0 Å². The highest BCUT2D eigenvalue weighted by molar-refractivity contribution is 5.90. The van der Waals surface area contributed by atoms with Gasteiger partial charge in [-0.05, 0) is 24.3 Å². The molecule has 1 amide bonds. The van der Waals surface area contributed by atoms with Crippen molar-refractivity contribution in [1.29, 1.82) is 0 Å². The lowest BCUT2D eigenvalue weighted by molar-refractivity contribution is -0.116. The van der Waals surface area contributed by atoms with Crippen molar-refractivity contribution in [1.82, 2.24) is 9.78 Å². The van der Waals surface area contributed by atoms with E-state index in [9.17, 15) is 4.79 Å². The second-order valence-electron chi connectivity index (χ2n) is 4.11. The number of benzene rings is 1. The van der Waals surface area contributed by atoms with E-state index in [1.54, 1.807) is 35.3 Å². The van der Waals surface area contributed by atoms with Crippen LogP contribution in [0.3, 0.4) is 0 Å². The van der Waals surface area contributed by atoms with Gasteiger partial charge in [-0.3, -0.25) is 9.48 Å². The van der Waals surface area contributed by atoms with E-state index in [0.29, 0.717) is 12.1 Å². The van der Waals surface area contributed by atoms with E-state index in [-0.39, 0.29) is 19.1 Å². The molecule has 20 heavy (non-hydrogen) atoms. The van der Waals surface area contributed by atoms with Crippen LogP contribution in [0.2, 0.25) is 0 Å². The summed E-state index contributed by atoms with van der Waals surface area (Å²) in [5.41, 5.74) is 1.49. The van der Waals surface area contributed by atoms with Crippen LogP contribution in [0.25, 0.3) is 0 Å². The zero-order valence-electron chi connectivity index (χ0n) is 10.9. The van der Waals surface area contributed by atoms with Gasteiger partial charge in [-0.25, -0.2) is 0 Å². The number of aliphatic hydroxyl groups is 1. The topological polar surface area (TPSA) is 67.2 Å². The molecule has 5 heteroatoms. The SMILES string of the molecule is O=C(Cn1cccn1)Nc1cccc(C#CCCO)c1. The fraction of sp³-hybridized carbons (Fsp3) is 0.200. The Hall–Kier alpha value is -2.58. The van der Waals surface area contributed by atoms with Crippen molar-refractivity contribution in [3.8, 4) is 11.8 Å². The molecule has 0 saturated carbocycles. The fourth-order valence-corrected chi connectivity index (χ4v) is 1.64. The summed E-state index contributed by atoms with van der Waals surface area (Å²) in [6.45, 7) is 0.223. The van der Waals surface area contributed by atoms with E-state index in [4.69, 9.17) is 5.11 Å². The van der Waals surface area contributed by atoms with Crippen LogP contribution in [0, 0.1) is 11.8 Å². The molecular weight excluding hydrogens is 254 g/mol. The molecule has 5 nitrogen and oxygen atoms in total. The number of rotatable bonds is 4. The Morgan fingerprint density at radius 3 is 3.05 bits per heavy atom. The van der Waals surface area contributed by atoms with Crippen molar-refractivity contribution >= 4 is 11.6 Å². The molecule has 102 valence electrons. The van der Waals surface area contributed by atoms with Gasteiger partial charge in [0.15, 0.2) is 0 Å². The molecule has 0 bridgehead atoms. The largest absolute Gasteiger partial charge is 0.395 e. The number of hydrogen-bond acceptors (Lipinski definition) is 3. The van der Waals surface area contributed by atoms with Crippen molar-refractivity contribution in [2.75, 3.05) is 11.9 Å². The van der Waals surface area contributed by atoms with Crippen LogP contribution in [0.15, 0.2) is 42.7 Å². The third-order valence-electron chi connectivity index (χ3n) is 2.48. The number of carbonyl (C=O) groups excluding carboxylic acids is 1. The maximum Gasteiger partial charge on any atom is 0.246 e. The average molecular weight is 269 g/mol. The number of carbonyl (C=O) groups is 1. The highest BCUT2D eigenvalue weighted by atomic mass is 16.2. The van der Waals surface area contributed by atoms with Gasteiger partial charge < -0.3 is 10.4 Å². The molecule has 0 aliphatic carbocycles. The van der Waals surface area contributed by atoms with Crippen molar-refractivity contribution in [2.45, 2.75) is 13.0 Å². The minimum absolute atomic E-state index is 0.0489. The summed E-state index contributed by atoms with van der Waals surface area (Å²) < 4.78 is 1.56. The zero-order valence-corrected chi connectivity index (χ0v) is 10.9. The first-order valence-corrected chi connectivity index (χ1v) is 6.25. The maximum absolute atomic E-state index is 11.8. The lowest BCUT2D eigenvalue weighted by Gasteiger charge is -2.05. The number of amides is 1. The lowest BCUT2D eigenvalue weighted by atomic mass is 10.2. The molecule has 0 fully saturated rings. The van der Waals surface area contributed by atoms with Crippen LogP contribution in [0.4, 0.5) is 5.69 Å². The number of nitrogens with zero attached hydrogens (tertiary/aromatic N) is 2. The van der Waals surface area contributed by atoms with Gasteiger partial charge in [0.1, 0.15) is 6.54 Å². The third kappa shape index (κ3) is 4.26. The summed E-state index contributed by atoms with van der Waals surface area (Å²) in [6.07, 6.45) is 3.80. The van der Waals surface area contributed by atoms with Gasteiger partial charge in [-0.15, -0.1) is 0 Å². The van der Waals surface area contributed by atoms with Gasteiger partial charge in [0.25, 0.3) is 0 Å². The highest BCUT2D eigenvalue weighted by Crippen LogP contribution is 2.09.